The molecule has 0 amide bonds. The monoisotopic (exact) mass is 260 g/mol. The Morgan fingerprint density at radius 3 is 3.16 bits per heavy atom. The maximum absolute atomic E-state index is 5.59. The Morgan fingerprint density at radius 1 is 1.37 bits per heavy atom. The molecule has 0 aliphatic carbocycles. The van der Waals surface area contributed by atoms with Crippen LogP contribution in [0.5, 0.6) is 0 Å². The molecule has 2 atom stereocenters. The molecule has 104 valence electrons. The van der Waals surface area contributed by atoms with Crippen LogP contribution in [0, 0.1) is 5.92 Å². The van der Waals surface area contributed by atoms with E-state index in [0.29, 0.717) is 12.0 Å². The third-order valence-corrected chi connectivity index (χ3v) is 4.43. The van der Waals surface area contributed by atoms with Crippen molar-refractivity contribution in [3.63, 3.8) is 0 Å². The fourth-order valence-corrected chi connectivity index (χ4v) is 3.09. The lowest BCUT2D eigenvalue weighted by Crippen LogP contribution is -2.27. The van der Waals surface area contributed by atoms with Gasteiger partial charge in [-0.15, -0.1) is 0 Å². The first-order valence-electron chi connectivity index (χ1n) is 7.46. The number of rotatable bonds is 4. The van der Waals surface area contributed by atoms with Crippen molar-refractivity contribution in [1.82, 2.24) is 10.6 Å². The number of ether oxygens (including phenoxy) is 1. The molecule has 2 heterocycles. The van der Waals surface area contributed by atoms with E-state index >= 15 is 0 Å². The predicted molar refractivity (Wildman–Crippen MR) is 77.1 cm³/mol. The van der Waals surface area contributed by atoms with Crippen molar-refractivity contribution in [2.24, 2.45) is 5.92 Å². The second-order valence-corrected chi connectivity index (χ2v) is 5.79. The van der Waals surface area contributed by atoms with Crippen LogP contribution in [-0.2, 0) is 24.2 Å². The lowest BCUT2D eigenvalue weighted by Gasteiger charge is -2.19. The number of nitrogens with one attached hydrogen (secondary N) is 2. The van der Waals surface area contributed by atoms with Crippen molar-refractivity contribution in [1.29, 1.82) is 0 Å². The van der Waals surface area contributed by atoms with Gasteiger partial charge in [0.25, 0.3) is 0 Å². The van der Waals surface area contributed by atoms with Crippen LogP contribution in [-0.4, -0.2) is 25.8 Å². The van der Waals surface area contributed by atoms with Crippen molar-refractivity contribution >= 4 is 0 Å². The lowest BCUT2D eigenvalue weighted by molar-refractivity contribution is 0.105. The highest BCUT2D eigenvalue weighted by molar-refractivity contribution is 5.33. The Labute approximate surface area is 115 Å². The molecule has 1 aromatic rings. The molecule has 3 rings (SSSR count). The molecule has 2 aliphatic heterocycles. The summed E-state index contributed by atoms with van der Waals surface area (Å²) in [5.41, 5.74) is 4.39. The molecule has 2 unspecified atom stereocenters. The first-order valence-corrected chi connectivity index (χ1v) is 7.46. The van der Waals surface area contributed by atoms with E-state index in [0.717, 1.165) is 32.8 Å². The van der Waals surface area contributed by atoms with Crippen LogP contribution in [0.15, 0.2) is 18.2 Å². The van der Waals surface area contributed by atoms with E-state index in [4.69, 9.17) is 4.74 Å². The van der Waals surface area contributed by atoms with Gasteiger partial charge in [-0.1, -0.05) is 18.2 Å². The van der Waals surface area contributed by atoms with Gasteiger partial charge in [-0.25, -0.2) is 0 Å². The maximum atomic E-state index is 5.59. The van der Waals surface area contributed by atoms with Gasteiger partial charge in [0, 0.05) is 26.2 Å². The molecule has 0 aromatic heterocycles. The Bertz CT molecular complexity index is 433. The Morgan fingerprint density at radius 2 is 2.32 bits per heavy atom. The fraction of sp³-hybridized carbons (Fsp3) is 0.625. The van der Waals surface area contributed by atoms with Crippen LogP contribution in [0.25, 0.3) is 0 Å². The van der Waals surface area contributed by atoms with E-state index in [-0.39, 0.29) is 0 Å². The first kappa shape index (κ1) is 13.1. The molecule has 0 bridgehead atoms. The van der Waals surface area contributed by atoms with E-state index in [1.807, 2.05) is 0 Å². The molecule has 2 N–H and O–H groups in total. The smallest absolute Gasteiger partial charge is 0.0588 e. The Hall–Kier alpha value is -0.900. The third-order valence-electron chi connectivity index (χ3n) is 4.43. The maximum Gasteiger partial charge on any atom is 0.0588 e. The lowest BCUT2D eigenvalue weighted by atomic mass is 9.98. The normalized spacial score (nSPS) is 26.4. The summed E-state index contributed by atoms with van der Waals surface area (Å²) in [5.74, 6) is 0.680. The topological polar surface area (TPSA) is 33.3 Å². The van der Waals surface area contributed by atoms with Crippen LogP contribution in [0.2, 0.25) is 0 Å². The van der Waals surface area contributed by atoms with E-state index < -0.39 is 0 Å². The first-order chi connectivity index (χ1) is 9.33. The van der Waals surface area contributed by atoms with Crippen molar-refractivity contribution < 1.29 is 4.74 Å². The molecule has 3 nitrogen and oxygen atoms in total. The average Bonchev–Trinajstić information content (AvgIpc) is 2.84. The summed E-state index contributed by atoms with van der Waals surface area (Å²) in [6.07, 6.45) is 2.78. The van der Waals surface area contributed by atoms with E-state index in [2.05, 4.69) is 35.8 Å². The molecular weight excluding hydrogens is 236 g/mol. The van der Waals surface area contributed by atoms with Gasteiger partial charge in [0.05, 0.1) is 6.10 Å². The van der Waals surface area contributed by atoms with Crippen molar-refractivity contribution in [2.75, 3.05) is 19.7 Å². The quantitative estimate of drug-likeness (QED) is 0.867. The standard InChI is InChI=1S/C16H24N2O/c1-12-15(5-7-19-12)10-18-9-13-2-3-14-4-6-17-11-16(14)8-13/h2-3,8,12,15,17-18H,4-7,9-11H2,1H3. The highest BCUT2D eigenvalue weighted by atomic mass is 16.5. The second kappa shape index (κ2) is 6.04. The van der Waals surface area contributed by atoms with Gasteiger partial charge in [-0.05, 0) is 48.9 Å². The second-order valence-electron chi connectivity index (χ2n) is 5.79. The molecule has 3 heteroatoms. The molecule has 0 spiro atoms. The molecule has 0 radical (unpaired) electrons. The Balaban J connectivity index is 1.52. The van der Waals surface area contributed by atoms with Crippen LogP contribution >= 0.6 is 0 Å². The zero-order chi connectivity index (χ0) is 13.1. The number of benzene rings is 1. The summed E-state index contributed by atoms with van der Waals surface area (Å²) in [6, 6.07) is 6.92. The van der Waals surface area contributed by atoms with Gasteiger partial charge in [-0.2, -0.15) is 0 Å². The molecule has 1 fully saturated rings. The fourth-order valence-electron chi connectivity index (χ4n) is 3.09. The van der Waals surface area contributed by atoms with Crippen LogP contribution in [0.4, 0.5) is 0 Å². The third kappa shape index (κ3) is 3.16. The summed E-state index contributed by atoms with van der Waals surface area (Å²) in [4.78, 5) is 0. The molecular formula is C16H24N2O. The van der Waals surface area contributed by atoms with Gasteiger partial charge in [-0.3, -0.25) is 0 Å². The van der Waals surface area contributed by atoms with Crippen molar-refractivity contribution in [3.05, 3.63) is 34.9 Å². The van der Waals surface area contributed by atoms with E-state index in [9.17, 15) is 0 Å². The summed E-state index contributed by atoms with van der Waals surface area (Å²) >= 11 is 0. The molecule has 19 heavy (non-hydrogen) atoms. The largest absolute Gasteiger partial charge is 0.378 e. The van der Waals surface area contributed by atoms with Gasteiger partial charge >= 0.3 is 0 Å². The van der Waals surface area contributed by atoms with Crippen molar-refractivity contribution in [2.45, 2.75) is 39.0 Å². The summed E-state index contributed by atoms with van der Waals surface area (Å²) in [5, 5.41) is 7.02. The molecule has 1 aromatic carbocycles. The van der Waals surface area contributed by atoms with Crippen molar-refractivity contribution in [3.8, 4) is 0 Å². The molecule has 0 saturated carbocycles. The minimum atomic E-state index is 0.417. The number of hydrogen-bond acceptors (Lipinski definition) is 3. The summed E-state index contributed by atoms with van der Waals surface area (Å²) in [6.45, 7) is 7.29. The minimum Gasteiger partial charge on any atom is -0.378 e. The number of fused-ring (bicyclic) bond motifs is 1. The SMILES string of the molecule is CC1OCCC1CNCc1ccc2c(c1)CNCC2. The molecule has 1 saturated heterocycles. The zero-order valence-electron chi connectivity index (χ0n) is 11.7. The Kier molecular flexibility index (Phi) is 4.16. The average molecular weight is 260 g/mol. The predicted octanol–water partition coefficient (Wildman–Crippen LogP) is 1.85. The van der Waals surface area contributed by atoms with Crippen LogP contribution in [0.3, 0.4) is 0 Å². The van der Waals surface area contributed by atoms with Crippen LogP contribution in [0.1, 0.15) is 30.0 Å². The minimum absolute atomic E-state index is 0.417. The number of hydrogen-bond donors (Lipinski definition) is 2. The van der Waals surface area contributed by atoms with Crippen LogP contribution < -0.4 is 10.6 Å². The summed E-state index contributed by atoms with van der Waals surface area (Å²) < 4.78 is 5.59. The summed E-state index contributed by atoms with van der Waals surface area (Å²) in [7, 11) is 0. The van der Waals surface area contributed by atoms with E-state index in [1.54, 1.807) is 0 Å². The highest BCUT2D eigenvalue weighted by Gasteiger charge is 2.23. The van der Waals surface area contributed by atoms with Gasteiger partial charge in [0.2, 0.25) is 0 Å². The zero-order valence-corrected chi connectivity index (χ0v) is 11.7. The van der Waals surface area contributed by atoms with E-state index in [1.165, 1.54) is 29.5 Å². The van der Waals surface area contributed by atoms with Gasteiger partial charge < -0.3 is 15.4 Å². The molecule has 2 aliphatic rings. The van der Waals surface area contributed by atoms with Gasteiger partial charge in [0.15, 0.2) is 0 Å². The van der Waals surface area contributed by atoms with Gasteiger partial charge in [0.1, 0.15) is 0 Å². The highest BCUT2D eigenvalue weighted by Crippen LogP contribution is 2.20.